The van der Waals surface area contributed by atoms with Crippen molar-refractivity contribution >= 4 is 35.1 Å². The Bertz CT molecular complexity index is 1120. The van der Waals surface area contributed by atoms with E-state index in [-0.39, 0.29) is 12.8 Å². The third-order valence-electron chi connectivity index (χ3n) is 4.60. The van der Waals surface area contributed by atoms with E-state index in [1.54, 1.807) is 48.5 Å². The number of aliphatic carboxylic acids is 1. The number of hydrogen-bond acceptors (Lipinski definition) is 3. The molecular formula is C23H22ClN3O4. The minimum Gasteiger partial charge on any atom is -0.481 e. The lowest BCUT2D eigenvalue weighted by molar-refractivity contribution is -0.137. The molecule has 0 aliphatic carbocycles. The Morgan fingerprint density at radius 2 is 1.58 bits per heavy atom. The van der Waals surface area contributed by atoms with Gasteiger partial charge in [0, 0.05) is 28.4 Å². The van der Waals surface area contributed by atoms with Gasteiger partial charge in [-0.1, -0.05) is 29.8 Å². The summed E-state index contributed by atoms with van der Waals surface area (Å²) in [7, 11) is 0. The first kappa shape index (κ1) is 22.1. The fourth-order valence-electron chi connectivity index (χ4n) is 3.27. The molecule has 160 valence electrons. The quantitative estimate of drug-likeness (QED) is 0.502. The van der Waals surface area contributed by atoms with E-state index in [0.717, 1.165) is 16.7 Å². The summed E-state index contributed by atoms with van der Waals surface area (Å²) in [6, 6.07) is 15.9. The van der Waals surface area contributed by atoms with Gasteiger partial charge in [-0.15, -0.1) is 0 Å². The highest BCUT2D eigenvalue weighted by Crippen LogP contribution is 2.24. The van der Waals surface area contributed by atoms with Crippen molar-refractivity contribution in [2.45, 2.75) is 26.7 Å². The molecule has 3 aromatic rings. The van der Waals surface area contributed by atoms with Gasteiger partial charge in [0.2, 0.25) is 0 Å². The van der Waals surface area contributed by atoms with Gasteiger partial charge in [0.15, 0.2) is 0 Å². The Morgan fingerprint density at radius 3 is 2.19 bits per heavy atom. The number of rotatable bonds is 6. The Hall–Kier alpha value is -3.58. The first-order chi connectivity index (χ1) is 14.7. The van der Waals surface area contributed by atoms with Crippen LogP contribution in [0.5, 0.6) is 0 Å². The zero-order valence-electron chi connectivity index (χ0n) is 17.1. The number of carboxylic acids is 1. The second-order valence-corrected chi connectivity index (χ2v) is 7.65. The molecule has 0 saturated heterocycles. The van der Waals surface area contributed by atoms with Gasteiger partial charge in [0.25, 0.3) is 0 Å². The zero-order valence-corrected chi connectivity index (χ0v) is 17.9. The molecule has 2 aromatic carbocycles. The van der Waals surface area contributed by atoms with Gasteiger partial charge in [-0.25, -0.2) is 0 Å². The van der Waals surface area contributed by atoms with Gasteiger partial charge in [0.05, 0.1) is 12.1 Å². The van der Waals surface area contributed by atoms with Gasteiger partial charge in [-0.05, 0) is 61.4 Å². The lowest BCUT2D eigenvalue weighted by Gasteiger charge is -2.15. The third-order valence-corrected chi connectivity index (χ3v) is 4.85. The molecule has 0 fully saturated rings. The van der Waals surface area contributed by atoms with E-state index in [0.29, 0.717) is 22.1 Å². The van der Waals surface area contributed by atoms with Crippen LogP contribution in [0.4, 0.5) is 5.69 Å². The van der Waals surface area contributed by atoms with Crippen LogP contribution in [0.1, 0.15) is 23.2 Å². The molecule has 0 atom stereocenters. The average Bonchev–Trinajstić information content (AvgIpc) is 3.08. The molecule has 0 saturated carbocycles. The number of anilines is 1. The summed E-state index contributed by atoms with van der Waals surface area (Å²) in [4.78, 5) is 36.1. The number of carbonyl (C=O) groups excluding carboxylic acids is 2. The second-order valence-electron chi connectivity index (χ2n) is 7.22. The minimum absolute atomic E-state index is 0.116. The molecule has 0 bridgehead atoms. The molecule has 8 heteroatoms. The molecule has 0 aliphatic heterocycles. The summed E-state index contributed by atoms with van der Waals surface area (Å²) in [5, 5.41) is 12.2. The van der Waals surface area contributed by atoms with Crippen LogP contribution >= 0.6 is 11.6 Å². The maximum Gasteiger partial charge on any atom is 0.328 e. The van der Waals surface area contributed by atoms with E-state index in [1.807, 2.05) is 19.9 Å². The molecule has 2 amide bonds. The van der Waals surface area contributed by atoms with Gasteiger partial charge in [-0.2, -0.15) is 0 Å². The molecule has 3 N–H and O–H groups in total. The van der Waals surface area contributed by atoms with Crippen molar-refractivity contribution in [3.8, 4) is 11.3 Å². The van der Waals surface area contributed by atoms with Crippen molar-refractivity contribution in [2.75, 3.05) is 10.7 Å². The van der Waals surface area contributed by atoms with Crippen LogP contribution < -0.4 is 10.7 Å². The summed E-state index contributed by atoms with van der Waals surface area (Å²) in [5.74, 6) is -2.66. The monoisotopic (exact) mass is 439 g/mol. The van der Waals surface area contributed by atoms with Gasteiger partial charge in [-0.3, -0.25) is 24.5 Å². The predicted octanol–water partition coefficient (Wildman–Crippen LogP) is 4.15. The summed E-state index contributed by atoms with van der Waals surface area (Å²) in [6.07, 6.45) is 0.0661. The van der Waals surface area contributed by atoms with Crippen LogP contribution in [0.15, 0.2) is 54.6 Å². The maximum atomic E-state index is 12.6. The molecular weight excluding hydrogens is 418 g/mol. The van der Waals surface area contributed by atoms with Crippen molar-refractivity contribution < 1.29 is 19.5 Å². The summed E-state index contributed by atoms with van der Waals surface area (Å²) in [6.45, 7) is 3.80. The van der Waals surface area contributed by atoms with Crippen molar-refractivity contribution in [3.63, 3.8) is 0 Å². The number of carbonyl (C=O) groups is 3. The highest BCUT2D eigenvalue weighted by atomic mass is 35.5. The fraction of sp³-hybridized carbons (Fsp3) is 0.174. The van der Waals surface area contributed by atoms with Crippen LogP contribution in [-0.2, 0) is 20.8 Å². The molecule has 0 radical (unpaired) electrons. The molecule has 0 aliphatic rings. The zero-order chi connectivity index (χ0) is 22.5. The number of aromatic nitrogens is 1. The predicted molar refractivity (Wildman–Crippen MR) is 120 cm³/mol. The van der Waals surface area contributed by atoms with Crippen LogP contribution in [0.2, 0.25) is 5.02 Å². The van der Waals surface area contributed by atoms with E-state index in [9.17, 15) is 14.4 Å². The number of aryl methyl sites for hydroxylation is 3. The van der Waals surface area contributed by atoms with Gasteiger partial charge >= 0.3 is 17.8 Å². The number of nitrogens with one attached hydrogen (secondary N) is 2. The molecule has 31 heavy (non-hydrogen) atoms. The Balaban J connectivity index is 1.85. The topological polar surface area (TPSA) is 100 Å². The number of carboxylic acid groups (broad SMARTS) is 1. The highest BCUT2D eigenvalue weighted by molar-refractivity contribution is 6.42. The van der Waals surface area contributed by atoms with Crippen molar-refractivity contribution in [1.82, 2.24) is 4.68 Å². The largest absolute Gasteiger partial charge is 0.481 e. The Labute approximate surface area is 184 Å². The number of amides is 2. The van der Waals surface area contributed by atoms with Gasteiger partial charge < -0.3 is 10.4 Å². The molecule has 0 spiro atoms. The lowest BCUT2D eigenvalue weighted by Crippen LogP contribution is -2.35. The third kappa shape index (κ3) is 5.73. The van der Waals surface area contributed by atoms with Gasteiger partial charge in [0.1, 0.15) is 0 Å². The standard InChI is InChI=1S/C23H22ClN3O4/c1-14-11-15(2)13-18(12-14)25-22(30)23(31)26-27-19(8-10-21(28)29)7-9-20(27)16-3-5-17(24)6-4-16/h3-7,9,11-13H,8,10H2,1-2H3,(H,25,30)(H,26,31)(H,28,29). The smallest absolute Gasteiger partial charge is 0.328 e. The number of halogens is 1. The first-order valence-corrected chi connectivity index (χ1v) is 9.99. The van der Waals surface area contributed by atoms with Crippen LogP contribution in [0.25, 0.3) is 11.3 Å². The van der Waals surface area contributed by atoms with E-state index >= 15 is 0 Å². The Kier molecular flexibility index (Phi) is 6.77. The minimum atomic E-state index is -0.959. The van der Waals surface area contributed by atoms with Crippen molar-refractivity contribution in [3.05, 3.63) is 76.4 Å². The Morgan fingerprint density at radius 1 is 0.935 bits per heavy atom. The lowest BCUT2D eigenvalue weighted by atomic mass is 10.1. The number of hydrogen-bond donors (Lipinski definition) is 3. The van der Waals surface area contributed by atoms with E-state index in [2.05, 4.69) is 10.7 Å². The fourth-order valence-corrected chi connectivity index (χ4v) is 3.40. The van der Waals surface area contributed by atoms with E-state index < -0.39 is 17.8 Å². The summed E-state index contributed by atoms with van der Waals surface area (Å²) in [5.41, 5.74) is 6.94. The summed E-state index contributed by atoms with van der Waals surface area (Å²) < 4.78 is 1.44. The summed E-state index contributed by atoms with van der Waals surface area (Å²) >= 11 is 5.96. The number of benzene rings is 2. The first-order valence-electron chi connectivity index (χ1n) is 9.62. The van der Waals surface area contributed by atoms with E-state index in [4.69, 9.17) is 16.7 Å². The molecule has 1 heterocycles. The van der Waals surface area contributed by atoms with Crippen molar-refractivity contribution in [2.24, 2.45) is 0 Å². The maximum absolute atomic E-state index is 12.6. The molecule has 1 aromatic heterocycles. The van der Waals surface area contributed by atoms with Crippen molar-refractivity contribution in [1.29, 1.82) is 0 Å². The van der Waals surface area contributed by atoms with Crippen LogP contribution in [0, 0.1) is 13.8 Å². The van der Waals surface area contributed by atoms with Crippen LogP contribution in [0.3, 0.4) is 0 Å². The second kappa shape index (κ2) is 9.49. The highest BCUT2D eigenvalue weighted by Gasteiger charge is 2.19. The molecule has 7 nitrogen and oxygen atoms in total. The normalized spacial score (nSPS) is 10.5. The average molecular weight is 440 g/mol. The van der Waals surface area contributed by atoms with Crippen LogP contribution in [-0.4, -0.2) is 27.6 Å². The SMILES string of the molecule is Cc1cc(C)cc(NC(=O)C(=O)Nn2c(CCC(=O)O)ccc2-c2ccc(Cl)cc2)c1. The van der Waals surface area contributed by atoms with E-state index in [1.165, 1.54) is 4.68 Å². The molecule has 3 rings (SSSR count). The molecule has 0 unspecified atom stereocenters. The number of nitrogens with zero attached hydrogens (tertiary/aromatic N) is 1.